The molecule has 1 aromatic rings. The lowest BCUT2D eigenvalue weighted by molar-refractivity contribution is 0.0710. The highest BCUT2D eigenvalue weighted by Crippen LogP contribution is 2.23. The maximum absolute atomic E-state index is 12.4. The summed E-state index contributed by atoms with van der Waals surface area (Å²) in [4.78, 5) is 14.3. The number of halogens is 1. The zero-order valence-electron chi connectivity index (χ0n) is 10.2. The van der Waals surface area contributed by atoms with Crippen LogP contribution in [0.2, 0.25) is 5.02 Å². The minimum atomic E-state index is -0.451. The van der Waals surface area contributed by atoms with Gasteiger partial charge in [-0.1, -0.05) is 18.5 Å². The molecule has 1 aromatic carbocycles. The smallest absolute Gasteiger partial charge is 0.182 e. The number of carbonyl (C=O) groups excluding carboxylic acids is 1. The molecule has 0 radical (unpaired) electrons. The normalized spacial score (nSPS) is 14.9. The topological polar surface area (TPSA) is 20.3 Å². The van der Waals surface area contributed by atoms with Gasteiger partial charge >= 0.3 is 0 Å². The average Bonchev–Trinajstić information content (AvgIpc) is 2.27. The Bertz CT molecular complexity index is 372. The Morgan fingerprint density at radius 2 is 1.81 bits per heavy atom. The molecular weight excluding hydrogens is 222 g/mol. The summed E-state index contributed by atoms with van der Waals surface area (Å²) in [5.74, 6) is 0.136. The van der Waals surface area contributed by atoms with Crippen LogP contribution in [0, 0.1) is 0 Å². The number of likely N-dealkylation sites (N-methyl/N-ethyl adjacent to an activating group) is 1. The predicted molar refractivity (Wildman–Crippen MR) is 68.2 cm³/mol. The molecule has 0 spiro atoms. The first-order valence-corrected chi connectivity index (χ1v) is 5.77. The SMILES string of the molecule is CCC(C)(C(=O)c1ccc(Cl)cc1)N(C)C. The molecule has 1 atom stereocenters. The van der Waals surface area contributed by atoms with E-state index in [0.29, 0.717) is 10.6 Å². The Hall–Kier alpha value is -0.860. The summed E-state index contributed by atoms with van der Waals surface area (Å²) >= 11 is 5.81. The Morgan fingerprint density at radius 1 is 1.31 bits per heavy atom. The number of ketones is 1. The number of hydrogen-bond acceptors (Lipinski definition) is 2. The van der Waals surface area contributed by atoms with E-state index in [1.165, 1.54) is 0 Å². The van der Waals surface area contributed by atoms with Crippen molar-refractivity contribution in [3.05, 3.63) is 34.9 Å². The zero-order chi connectivity index (χ0) is 12.3. The van der Waals surface area contributed by atoms with Crippen molar-refractivity contribution in [3.8, 4) is 0 Å². The van der Waals surface area contributed by atoms with Gasteiger partial charge in [0.2, 0.25) is 0 Å². The largest absolute Gasteiger partial charge is 0.297 e. The number of nitrogens with zero attached hydrogens (tertiary/aromatic N) is 1. The van der Waals surface area contributed by atoms with Crippen molar-refractivity contribution in [1.29, 1.82) is 0 Å². The van der Waals surface area contributed by atoms with Crippen LogP contribution in [0.3, 0.4) is 0 Å². The van der Waals surface area contributed by atoms with Crippen molar-refractivity contribution in [2.24, 2.45) is 0 Å². The fraction of sp³-hybridized carbons (Fsp3) is 0.462. The first-order valence-electron chi connectivity index (χ1n) is 5.39. The van der Waals surface area contributed by atoms with E-state index in [1.807, 2.05) is 32.8 Å². The number of Topliss-reactive ketones (excluding diaryl/α,β-unsaturated/α-hetero) is 1. The molecule has 0 heterocycles. The molecule has 1 rings (SSSR count). The molecule has 0 aliphatic rings. The van der Waals surface area contributed by atoms with E-state index in [0.717, 1.165) is 6.42 Å². The number of carbonyl (C=O) groups is 1. The quantitative estimate of drug-likeness (QED) is 0.752. The molecule has 0 saturated heterocycles. The number of rotatable bonds is 4. The molecule has 0 fully saturated rings. The van der Waals surface area contributed by atoms with Crippen molar-refractivity contribution < 1.29 is 4.79 Å². The van der Waals surface area contributed by atoms with Crippen LogP contribution in [0.25, 0.3) is 0 Å². The van der Waals surface area contributed by atoms with Gasteiger partial charge in [0, 0.05) is 10.6 Å². The maximum atomic E-state index is 12.4. The van der Waals surface area contributed by atoms with Gasteiger partial charge in [0.25, 0.3) is 0 Å². The highest BCUT2D eigenvalue weighted by Gasteiger charge is 2.33. The van der Waals surface area contributed by atoms with Gasteiger partial charge < -0.3 is 0 Å². The monoisotopic (exact) mass is 239 g/mol. The van der Waals surface area contributed by atoms with Crippen molar-refractivity contribution >= 4 is 17.4 Å². The molecule has 0 N–H and O–H groups in total. The summed E-state index contributed by atoms with van der Waals surface area (Å²) in [5.41, 5.74) is 0.260. The van der Waals surface area contributed by atoms with Gasteiger partial charge in [-0.3, -0.25) is 9.69 Å². The van der Waals surface area contributed by atoms with Gasteiger partial charge in [-0.05, 0) is 51.7 Å². The van der Waals surface area contributed by atoms with Crippen LogP contribution in [0.1, 0.15) is 30.6 Å². The van der Waals surface area contributed by atoms with Crippen LogP contribution in [0.5, 0.6) is 0 Å². The van der Waals surface area contributed by atoms with E-state index in [1.54, 1.807) is 24.3 Å². The molecule has 88 valence electrons. The minimum Gasteiger partial charge on any atom is -0.297 e. The number of hydrogen-bond donors (Lipinski definition) is 0. The fourth-order valence-electron chi connectivity index (χ4n) is 1.59. The summed E-state index contributed by atoms with van der Waals surface area (Å²) in [6.45, 7) is 3.98. The van der Waals surface area contributed by atoms with Crippen LogP contribution in [-0.4, -0.2) is 30.3 Å². The molecule has 0 bridgehead atoms. The first kappa shape index (κ1) is 13.2. The summed E-state index contributed by atoms with van der Waals surface area (Å²) in [6.07, 6.45) is 0.779. The highest BCUT2D eigenvalue weighted by molar-refractivity contribution is 6.30. The van der Waals surface area contributed by atoms with E-state index in [-0.39, 0.29) is 5.78 Å². The molecule has 2 nitrogen and oxygen atoms in total. The molecule has 0 aliphatic carbocycles. The Kier molecular flexibility index (Phi) is 4.11. The van der Waals surface area contributed by atoms with E-state index < -0.39 is 5.54 Å². The predicted octanol–water partition coefficient (Wildman–Crippen LogP) is 3.25. The summed E-state index contributed by atoms with van der Waals surface area (Å²) in [5, 5.41) is 0.652. The Balaban J connectivity index is 3.05. The van der Waals surface area contributed by atoms with Crippen LogP contribution >= 0.6 is 11.6 Å². The molecule has 3 heteroatoms. The molecule has 1 unspecified atom stereocenters. The molecule has 16 heavy (non-hydrogen) atoms. The van der Waals surface area contributed by atoms with Gasteiger partial charge in [-0.25, -0.2) is 0 Å². The summed E-state index contributed by atoms with van der Waals surface area (Å²) in [7, 11) is 3.86. The fourth-order valence-corrected chi connectivity index (χ4v) is 1.72. The van der Waals surface area contributed by atoms with Crippen molar-refractivity contribution in [1.82, 2.24) is 4.90 Å². The van der Waals surface area contributed by atoms with Crippen LogP contribution in [0.15, 0.2) is 24.3 Å². The highest BCUT2D eigenvalue weighted by atomic mass is 35.5. The maximum Gasteiger partial charge on any atom is 0.182 e. The third-order valence-electron chi connectivity index (χ3n) is 3.27. The van der Waals surface area contributed by atoms with Crippen LogP contribution in [0.4, 0.5) is 0 Å². The minimum absolute atomic E-state index is 0.136. The third kappa shape index (κ3) is 2.45. The van der Waals surface area contributed by atoms with Gasteiger partial charge in [0.05, 0.1) is 5.54 Å². The molecule has 0 amide bonds. The lowest BCUT2D eigenvalue weighted by Crippen LogP contribution is -2.48. The molecular formula is C13H18ClNO. The summed E-state index contributed by atoms with van der Waals surface area (Å²) in [6, 6.07) is 7.06. The van der Waals surface area contributed by atoms with E-state index in [9.17, 15) is 4.79 Å². The van der Waals surface area contributed by atoms with Crippen molar-refractivity contribution in [2.75, 3.05) is 14.1 Å². The standard InChI is InChI=1S/C13H18ClNO/c1-5-13(2,15(3)4)12(16)10-6-8-11(14)9-7-10/h6-9H,5H2,1-4H3. The van der Waals surface area contributed by atoms with E-state index in [4.69, 9.17) is 11.6 Å². The second kappa shape index (κ2) is 4.98. The summed E-state index contributed by atoms with van der Waals surface area (Å²) < 4.78 is 0. The van der Waals surface area contributed by atoms with Crippen molar-refractivity contribution in [2.45, 2.75) is 25.8 Å². The van der Waals surface area contributed by atoms with Gasteiger partial charge in [-0.2, -0.15) is 0 Å². The van der Waals surface area contributed by atoms with Crippen molar-refractivity contribution in [3.63, 3.8) is 0 Å². The average molecular weight is 240 g/mol. The zero-order valence-corrected chi connectivity index (χ0v) is 11.0. The second-order valence-electron chi connectivity index (χ2n) is 4.36. The van der Waals surface area contributed by atoms with Crippen LogP contribution in [-0.2, 0) is 0 Å². The lowest BCUT2D eigenvalue weighted by Gasteiger charge is -2.34. The molecule has 0 aromatic heterocycles. The second-order valence-corrected chi connectivity index (χ2v) is 4.79. The van der Waals surface area contributed by atoms with Crippen LogP contribution < -0.4 is 0 Å². The van der Waals surface area contributed by atoms with Gasteiger partial charge in [0.15, 0.2) is 5.78 Å². The Morgan fingerprint density at radius 3 is 2.19 bits per heavy atom. The van der Waals surface area contributed by atoms with E-state index >= 15 is 0 Å². The Labute approximate surface area is 102 Å². The lowest BCUT2D eigenvalue weighted by atomic mass is 9.87. The first-order chi connectivity index (χ1) is 7.41. The van der Waals surface area contributed by atoms with Gasteiger partial charge in [-0.15, -0.1) is 0 Å². The molecule has 0 aliphatic heterocycles. The third-order valence-corrected chi connectivity index (χ3v) is 3.52. The van der Waals surface area contributed by atoms with E-state index in [2.05, 4.69) is 0 Å². The van der Waals surface area contributed by atoms with Gasteiger partial charge in [0.1, 0.15) is 0 Å². The molecule has 0 saturated carbocycles. The number of benzene rings is 1.